The lowest BCUT2D eigenvalue weighted by atomic mass is 10.2. The van der Waals surface area contributed by atoms with Crippen molar-refractivity contribution >= 4 is 56.0 Å². The van der Waals surface area contributed by atoms with Crippen molar-refractivity contribution in [3.63, 3.8) is 0 Å². The summed E-state index contributed by atoms with van der Waals surface area (Å²) < 4.78 is 0.986. The average molecular weight is 407 g/mol. The zero-order valence-corrected chi connectivity index (χ0v) is 17.3. The van der Waals surface area contributed by atoms with E-state index < -0.39 is 0 Å². The van der Waals surface area contributed by atoms with Crippen LogP contribution >= 0.6 is 34.7 Å². The summed E-state index contributed by atoms with van der Waals surface area (Å²) in [6.07, 6.45) is 2.02. The number of thiazole rings is 1. The first-order valence-electron chi connectivity index (χ1n) is 8.29. The zero-order chi connectivity index (χ0) is 18.7. The Bertz CT molecular complexity index is 909. The number of fused-ring (bicyclic) bond motifs is 1. The van der Waals surface area contributed by atoms with Crippen LogP contribution in [0, 0.1) is 0 Å². The summed E-state index contributed by atoms with van der Waals surface area (Å²) in [6, 6.07) is 13.4. The van der Waals surface area contributed by atoms with Gasteiger partial charge in [0, 0.05) is 10.5 Å². The number of carbonyl (C=O) groups is 1. The second-order valence-electron chi connectivity index (χ2n) is 6.23. The van der Waals surface area contributed by atoms with Crippen molar-refractivity contribution in [2.45, 2.75) is 4.90 Å². The van der Waals surface area contributed by atoms with Crippen molar-refractivity contribution in [3.8, 4) is 0 Å². The van der Waals surface area contributed by atoms with Gasteiger partial charge in [-0.1, -0.05) is 29.0 Å². The van der Waals surface area contributed by atoms with Gasteiger partial charge in [-0.05, 0) is 42.7 Å². The average Bonchev–Trinajstić information content (AvgIpc) is 3.07. The number of benzene rings is 2. The molecule has 0 radical (unpaired) electrons. The molecule has 3 rings (SSSR count). The molecule has 0 saturated carbocycles. The van der Waals surface area contributed by atoms with E-state index in [9.17, 15) is 4.79 Å². The predicted octanol–water partition coefficient (Wildman–Crippen LogP) is 3.46. The van der Waals surface area contributed by atoms with Crippen molar-refractivity contribution in [1.82, 2.24) is 4.98 Å². The third-order valence-corrected chi connectivity index (χ3v) is 6.10. The van der Waals surface area contributed by atoms with Crippen LogP contribution in [0.4, 0.5) is 5.13 Å². The third-order valence-electron chi connectivity index (χ3n) is 4.01. The fourth-order valence-corrected chi connectivity index (χ4v) is 4.23. The van der Waals surface area contributed by atoms with Gasteiger partial charge in [0.2, 0.25) is 0 Å². The van der Waals surface area contributed by atoms with Gasteiger partial charge in [0.1, 0.15) is 5.52 Å². The molecule has 0 fully saturated rings. The van der Waals surface area contributed by atoms with Gasteiger partial charge in [-0.2, -0.15) is 0 Å². The van der Waals surface area contributed by atoms with Crippen LogP contribution < -0.4 is 9.80 Å². The maximum atomic E-state index is 13.2. The number of likely N-dealkylation sites (N-methyl/N-ethyl adjacent to an activating group) is 1. The van der Waals surface area contributed by atoms with Crippen LogP contribution in [-0.4, -0.2) is 44.3 Å². The molecule has 0 aliphatic rings. The molecule has 3 aromatic rings. The molecule has 0 aliphatic carbocycles. The Morgan fingerprint density at radius 3 is 2.58 bits per heavy atom. The summed E-state index contributed by atoms with van der Waals surface area (Å²) in [6.45, 7) is 1.43. The number of thioether (sulfide) groups is 1. The van der Waals surface area contributed by atoms with Crippen LogP contribution in [-0.2, 0) is 0 Å². The number of nitrogens with one attached hydrogen (secondary N) is 1. The Morgan fingerprint density at radius 2 is 1.96 bits per heavy atom. The topological polar surface area (TPSA) is 37.6 Å². The molecule has 1 amide bonds. The number of quaternary nitrogens is 1. The summed E-state index contributed by atoms with van der Waals surface area (Å²) in [7, 11) is 4.15. The number of anilines is 1. The number of carbonyl (C=O) groups excluding carboxylic acids is 1. The number of hydrogen-bond acceptors (Lipinski definition) is 4. The fourth-order valence-electron chi connectivity index (χ4n) is 2.53. The molecular weight excluding hydrogens is 386 g/mol. The molecule has 1 N–H and O–H groups in total. The second-order valence-corrected chi connectivity index (χ2v) is 8.52. The maximum absolute atomic E-state index is 13.2. The number of rotatable bonds is 6. The van der Waals surface area contributed by atoms with Crippen LogP contribution in [0.2, 0.25) is 5.02 Å². The van der Waals surface area contributed by atoms with Gasteiger partial charge >= 0.3 is 0 Å². The van der Waals surface area contributed by atoms with Crippen LogP contribution in [0.5, 0.6) is 0 Å². The largest absolute Gasteiger partial charge is 0.338 e. The van der Waals surface area contributed by atoms with E-state index in [4.69, 9.17) is 11.6 Å². The van der Waals surface area contributed by atoms with Crippen LogP contribution in [0.15, 0.2) is 47.4 Å². The van der Waals surface area contributed by atoms with Crippen molar-refractivity contribution in [3.05, 3.63) is 53.1 Å². The number of aromatic nitrogens is 1. The first kappa shape index (κ1) is 19.2. The first-order chi connectivity index (χ1) is 12.5. The lowest BCUT2D eigenvalue weighted by molar-refractivity contribution is -0.856. The SMILES string of the molecule is CSc1ccc(C(=O)N(CC[NH+](C)C)c2nc3c(Cl)cccc3s2)cc1. The minimum absolute atomic E-state index is 0.0333. The van der Waals surface area contributed by atoms with Crippen molar-refractivity contribution in [2.24, 2.45) is 0 Å². The maximum Gasteiger partial charge on any atom is 0.260 e. The van der Waals surface area contributed by atoms with E-state index in [1.54, 1.807) is 16.7 Å². The van der Waals surface area contributed by atoms with Gasteiger partial charge in [0.05, 0.1) is 36.9 Å². The Kier molecular flexibility index (Phi) is 6.19. The Hall–Kier alpha value is -1.60. The number of halogens is 1. The number of hydrogen-bond donors (Lipinski definition) is 1. The van der Waals surface area contributed by atoms with E-state index in [0.29, 0.717) is 22.3 Å². The van der Waals surface area contributed by atoms with Gasteiger partial charge in [-0.3, -0.25) is 9.69 Å². The number of amides is 1. The summed E-state index contributed by atoms with van der Waals surface area (Å²) in [5, 5.41) is 1.30. The summed E-state index contributed by atoms with van der Waals surface area (Å²) in [5.41, 5.74) is 1.42. The Morgan fingerprint density at radius 1 is 1.23 bits per heavy atom. The van der Waals surface area contributed by atoms with Gasteiger partial charge in [0.15, 0.2) is 5.13 Å². The van der Waals surface area contributed by atoms with E-state index in [2.05, 4.69) is 19.1 Å². The molecule has 0 bridgehead atoms. The van der Waals surface area contributed by atoms with E-state index in [1.807, 2.05) is 48.7 Å². The number of para-hydroxylation sites is 1. The molecule has 0 atom stereocenters. The smallest absolute Gasteiger partial charge is 0.260 e. The second kappa shape index (κ2) is 8.39. The van der Waals surface area contributed by atoms with Crippen LogP contribution in [0.3, 0.4) is 0 Å². The minimum atomic E-state index is -0.0333. The summed E-state index contributed by atoms with van der Waals surface area (Å²) >= 11 is 9.42. The van der Waals surface area contributed by atoms with Crippen LogP contribution in [0.1, 0.15) is 10.4 Å². The molecule has 136 valence electrons. The van der Waals surface area contributed by atoms with Gasteiger partial charge in [-0.15, -0.1) is 11.8 Å². The van der Waals surface area contributed by atoms with E-state index in [0.717, 1.165) is 21.7 Å². The van der Waals surface area contributed by atoms with Gasteiger partial charge < -0.3 is 4.90 Å². The van der Waals surface area contributed by atoms with Crippen molar-refractivity contribution in [1.29, 1.82) is 0 Å². The van der Waals surface area contributed by atoms with Crippen molar-refractivity contribution < 1.29 is 9.69 Å². The highest BCUT2D eigenvalue weighted by atomic mass is 35.5. The normalized spacial score (nSPS) is 11.3. The Labute approximate surface area is 166 Å². The zero-order valence-electron chi connectivity index (χ0n) is 15.0. The monoisotopic (exact) mass is 406 g/mol. The molecule has 0 saturated heterocycles. The molecule has 26 heavy (non-hydrogen) atoms. The molecular formula is C19H21ClN3OS2+. The molecule has 4 nitrogen and oxygen atoms in total. The third kappa shape index (κ3) is 4.20. The minimum Gasteiger partial charge on any atom is -0.338 e. The predicted molar refractivity (Wildman–Crippen MR) is 112 cm³/mol. The molecule has 1 heterocycles. The summed E-state index contributed by atoms with van der Waals surface area (Å²) in [4.78, 5) is 22.0. The van der Waals surface area contributed by atoms with E-state index in [1.165, 1.54) is 16.2 Å². The van der Waals surface area contributed by atoms with Gasteiger partial charge in [0.25, 0.3) is 5.91 Å². The van der Waals surface area contributed by atoms with Crippen molar-refractivity contribution in [2.75, 3.05) is 38.3 Å². The molecule has 7 heteroatoms. The Balaban J connectivity index is 1.97. The molecule has 2 aromatic carbocycles. The van der Waals surface area contributed by atoms with Crippen LogP contribution in [0.25, 0.3) is 10.2 Å². The lowest BCUT2D eigenvalue weighted by Crippen LogP contribution is -3.06. The lowest BCUT2D eigenvalue weighted by Gasteiger charge is -2.20. The fraction of sp³-hybridized carbons (Fsp3) is 0.263. The summed E-state index contributed by atoms with van der Waals surface area (Å²) in [5.74, 6) is -0.0333. The van der Waals surface area contributed by atoms with E-state index in [-0.39, 0.29) is 5.91 Å². The quantitative estimate of drug-likeness (QED) is 0.637. The van der Waals surface area contributed by atoms with E-state index >= 15 is 0 Å². The highest BCUT2D eigenvalue weighted by Gasteiger charge is 2.22. The number of nitrogens with zero attached hydrogens (tertiary/aromatic N) is 2. The highest BCUT2D eigenvalue weighted by Crippen LogP contribution is 2.33. The highest BCUT2D eigenvalue weighted by molar-refractivity contribution is 7.98. The standard InChI is InChI=1S/C19H20ClN3OS2/c1-22(2)11-12-23(18(24)13-7-9-14(25-3)10-8-13)19-21-17-15(20)5-4-6-16(17)26-19/h4-10H,11-12H2,1-3H3/p+1. The molecule has 0 spiro atoms. The first-order valence-corrected chi connectivity index (χ1v) is 10.7. The molecule has 0 aliphatic heterocycles. The molecule has 1 aromatic heterocycles. The van der Waals surface area contributed by atoms with Gasteiger partial charge in [-0.25, -0.2) is 4.98 Å². The molecule has 0 unspecified atom stereocenters.